The summed E-state index contributed by atoms with van der Waals surface area (Å²) in [4.78, 5) is 17.5. The van der Waals surface area contributed by atoms with Gasteiger partial charge in [0.05, 0.1) is 11.4 Å². The van der Waals surface area contributed by atoms with Gasteiger partial charge in [0.25, 0.3) is 0 Å². The van der Waals surface area contributed by atoms with Gasteiger partial charge in [-0.2, -0.15) is 60.7 Å². The minimum Gasteiger partial charge on any atom is -0.574 e. The van der Waals surface area contributed by atoms with Crippen molar-refractivity contribution < 1.29 is 42.1 Å². The molecule has 2 aliphatic rings. The van der Waals surface area contributed by atoms with Crippen molar-refractivity contribution in [3.8, 4) is 45.0 Å². The Morgan fingerprint density at radius 1 is 0.333 bits per heavy atom. The van der Waals surface area contributed by atoms with Crippen LogP contribution >= 0.6 is 0 Å². The van der Waals surface area contributed by atoms with Gasteiger partial charge < -0.3 is 40.0 Å². The van der Waals surface area contributed by atoms with Crippen molar-refractivity contribution in [2.45, 2.75) is 0 Å². The summed E-state index contributed by atoms with van der Waals surface area (Å²) in [6.07, 6.45) is 3.63. The van der Waals surface area contributed by atoms with Crippen molar-refractivity contribution in [3.05, 3.63) is 305 Å². The number of rotatable bonds is 8. The van der Waals surface area contributed by atoms with E-state index in [9.17, 15) is 0 Å². The maximum Gasteiger partial charge on any atom is 0.124 e. The van der Waals surface area contributed by atoms with Crippen molar-refractivity contribution >= 4 is 45.8 Å². The first-order valence-corrected chi connectivity index (χ1v) is 24.8. The van der Waals surface area contributed by atoms with Crippen LogP contribution in [0.2, 0.25) is 0 Å². The van der Waals surface area contributed by atoms with Crippen LogP contribution in [0.25, 0.3) is 45.0 Å². The minimum atomic E-state index is 0. The Bertz CT molecular complexity index is 3190. The van der Waals surface area contributed by atoms with Crippen LogP contribution in [-0.4, -0.2) is 20.2 Å². The molecule has 0 atom stereocenters. The maximum absolute atomic E-state index is 4.53. The fourth-order valence-corrected chi connectivity index (χ4v) is 8.59. The summed E-state index contributed by atoms with van der Waals surface area (Å²) in [5, 5.41) is 16.9. The minimum absolute atomic E-state index is 0. The average molecular weight is 1370 g/mol. The third kappa shape index (κ3) is 12.8. The van der Waals surface area contributed by atoms with Crippen molar-refractivity contribution in [1.82, 2.24) is 30.4 Å². The smallest absolute Gasteiger partial charge is 0.124 e. The van der Waals surface area contributed by atoms with Crippen LogP contribution in [0.4, 0.5) is 45.8 Å². The first kappa shape index (κ1) is 53.9. The molecule has 0 aliphatic carbocycles. The largest absolute Gasteiger partial charge is 0.574 e. The van der Waals surface area contributed by atoms with Gasteiger partial charge in [-0.05, 0) is 70.8 Å². The third-order valence-corrected chi connectivity index (χ3v) is 12.3. The summed E-state index contributed by atoms with van der Waals surface area (Å²) in [5.41, 5.74) is 14.4. The second-order valence-electron chi connectivity index (χ2n) is 17.3. The van der Waals surface area contributed by atoms with Crippen LogP contribution in [0.5, 0.6) is 0 Å². The molecule has 0 spiro atoms. The van der Waals surface area contributed by atoms with E-state index in [-0.39, 0.29) is 42.1 Å². The molecule has 4 aromatic heterocycles. The number of fused-ring (bicyclic) bond motifs is 2. The van der Waals surface area contributed by atoms with E-state index >= 15 is 0 Å². The summed E-state index contributed by atoms with van der Waals surface area (Å²) >= 11 is 0. The predicted octanol–water partition coefficient (Wildman–Crippen LogP) is 15.3. The molecule has 8 aromatic carbocycles. The zero-order valence-electron chi connectivity index (χ0n) is 41.8. The van der Waals surface area contributed by atoms with Crippen molar-refractivity contribution in [1.29, 1.82) is 0 Å². The summed E-state index contributed by atoms with van der Waals surface area (Å²) in [6, 6.07) is 95.4. The second-order valence-corrected chi connectivity index (χ2v) is 17.3. The fraction of sp³-hybridized carbons (Fsp3) is 0. The van der Waals surface area contributed by atoms with Gasteiger partial charge in [0, 0.05) is 77.3 Å². The van der Waals surface area contributed by atoms with Crippen molar-refractivity contribution in [2.24, 2.45) is 0 Å². The van der Waals surface area contributed by atoms with Gasteiger partial charge in [-0.25, -0.2) is 9.97 Å². The summed E-state index contributed by atoms with van der Waals surface area (Å²) in [7, 11) is 0. The molecule has 2 aliphatic heterocycles. The first-order chi connectivity index (χ1) is 37.7. The van der Waals surface area contributed by atoms with Crippen LogP contribution in [0.15, 0.2) is 279 Å². The summed E-state index contributed by atoms with van der Waals surface area (Å²) in [6.45, 7) is 4.11. The number of anilines is 8. The zero-order valence-corrected chi connectivity index (χ0v) is 46.4. The normalized spacial score (nSPS) is 11.7. The molecule has 78 heavy (non-hydrogen) atoms. The maximum atomic E-state index is 4.53. The van der Waals surface area contributed by atoms with Gasteiger partial charge >= 0.3 is 0 Å². The standard InChI is InChI=1S/2C18H13N3.2C15H11N2.2Pt/c2*1-3-8-15(9-4-1)20-14-21(16-10-5-2-6-11-16)18-17(20)12-7-13-19-18;2*1-3-7-12(8-4-1)14-11-15(17-16-14)13-9-5-2-6-10-13;;/h2*1-10,12-14H;2*1-11H;;/q2*-2;2*-1;;. The van der Waals surface area contributed by atoms with Gasteiger partial charge in [-0.15, -0.1) is 36.1 Å². The molecule has 14 rings (SSSR count). The van der Waals surface area contributed by atoms with Gasteiger partial charge in [0.15, 0.2) is 0 Å². The SMILES string of the molecule is [Pt].[Pt].[c-]1ccccc1N1[CH-]N(c2ccccc2)c2cccnc21.[c-]1ccccc1N1[CH-]N(c2ccccc2)c2cccnc21.c1ccc(-c2cc(-c3ccccc3)[n-]n2)cc1.c1ccc(-c2cc(-c3ccccc3)[n-]n2)cc1. The van der Waals surface area contributed by atoms with E-state index in [0.717, 1.165) is 90.8 Å². The van der Waals surface area contributed by atoms with Gasteiger partial charge in [0.1, 0.15) is 11.6 Å². The topological polar surface area (TPSA) is 92.7 Å². The molecular weight excluding hydrogens is 1320 g/mol. The van der Waals surface area contributed by atoms with E-state index in [0.29, 0.717) is 0 Å². The number of para-hydroxylation sites is 4. The Balaban J connectivity index is 0.000000126. The Kier molecular flexibility index (Phi) is 18.4. The number of benzene rings is 8. The van der Waals surface area contributed by atoms with Crippen LogP contribution in [0.3, 0.4) is 0 Å². The molecule has 0 amide bonds. The van der Waals surface area contributed by atoms with Crippen molar-refractivity contribution in [2.75, 3.05) is 19.6 Å². The average Bonchev–Trinajstić information content (AvgIpc) is 4.43. The Morgan fingerprint density at radius 3 is 1.01 bits per heavy atom. The molecule has 0 unspecified atom stereocenters. The Morgan fingerprint density at radius 2 is 0.667 bits per heavy atom. The number of hydrogen-bond acceptors (Lipinski definition) is 8. The molecule has 388 valence electrons. The third-order valence-electron chi connectivity index (χ3n) is 12.3. The monoisotopic (exact) mass is 1370 g/mol. The first-order valence-electron chi connectivity index (χ1n) is 24.8. The molecule has 12 aromatic rings. The van der Waals surface area contributed by atoms with Gasteiger partial charge in [-0.1, -0.05) is 170 Å². The van der Waals surface area contributed by atoms with Crippen LogP contribution in [0, 0.1) is 25.5 Å². The molecule has 6 heterocycles. The molecule has 0 N–H and O–H groups in total. The fourth-order valence-electron chi connectivity index (χ4n) is 8.59. The summed E-state index contributed by atoms with van der Waals surface area (Å²) in [5.74, 6) is 1.84. The molecule has 0 saturated carbocycles. The second kappa shape index (κ2) is 26.7. The number of aromatic nitrogens is 6. The summed E-state index contributed by atoms with van der Waals surface area (Å²) < 4.78 is 0. The number of hydrogen-bond donors (Lipinski definition) is 0. The van der Waals surface area contributed by atoms with E-state index in [4.69, 9.17) is 0 Å². The van der Waals surface area contributed by atoms with Gasteiger partial charge in [0.2, 0.25) is 0 Å². The molecule has 0 fully saturated rings. The van der Waals surface area contributed by atoms with E-state index < -0.39 is 0 Å². The molecule has 0 radical (unpaired) electrons. The molecule has 0 saturated heterocycles. The van der Waals surface area contributed by atoms with E-state index in [1.54, 1.807) is 0 Å². The molecule has 12 heteroatoms. The van der Waals surface area contributed by atoms with Crippen LogP contribution < -0.4 is 29.8 Å². The molecule has 10 nitrogen and oxygen atoms in total. The number of nitrogens with zero attached hydrogens (tertiary/aromatic N) is 10. The van der Waals surface area contributed by atoms with E-state index in [1.807, 2.05) is 243 Å². The molecular formula is C66H48N10Pt2-6. The quantitative estimate of drug-likeness (QED) is 0.137. The van der Waals surface area contributed by atoms with E-state index in [1.165, 1.54) is 0 Å². The Labute approximate surface area is 484 Å². The van der Waals surface area contributed by atoms with E-state index in [2.05, 4.69) is 112 Å². The molecule has 0 bridgehead atoms. The Hall–Kier alpha value is -8.94. The van der Waals surface area contributed by atoms with Crippen LogP contribution in [-0.2, 0) is 42.1 Å². The zero-order chi connectivity index (χ0) is 51.1. The van der Waals surface area contributed by atoms with Crippen molar-refractivity contribution in [3.63, 3.8) is 0 Å². The number of pyridine rings is 2. The predicted molar refractivity (Wildman–Crippen MR) is 306 cm³/mol. The van der Waals surface area contributed by atoms with Gasteiger partial charge in [-0.3, -0.25) is 0 Å². The van der Waals surface area contributed by atoms with Crippen LogP contribution in [0.1, 0.15) is 0 Å².